The largest absolute Gasteiger partial charge is 0.545 e. The number of carboxylic acids is 1. The van der Waals surface area contributed by atoms with Gasteiger partial charge in [-0.05, 0) is 36.6 Å². The molecule has 3 aromatic rings. The van der Waals surface area contributed by atoms with Gasteiger partial charge in [-0.2, -0.15) is 5.10 Å². The van der Waals surface area contributed by atoms with Crippen molar-refractivity contribution in [2.24, 2.45) is 0 Å². The molecule has 0 N–H and O–H groups in total. The van der Waals surface area contributed by atoms with E-state index >= 15 is 0 Å². The van der Waals surface area contributed by atoms with E-state index in [1.54, 1.807) is 4.68 Å². The molecule has 23 heavy (non-hydrogen) atoms. The van der Waals surface area contributed by atoms with Crippen LogP contribution in [0.25, 0.3) is 11.3 Å². The van der Waals surface area contributed by atoms with Crippen molar-refractivity contribution < 1.29 is 9.90 Å². The Morgan fingerprint density at radius 2 is 1.83 bits per heavy atom. The Kier molecular flexibility index (Phi) is 3.98. The van der Waals surface area contributed by atoms with E-state index in [4.69, 9.17) is 0 Å². The van der Waals surface area contributed by atoms with Crippen LogP contribution in [0.1, 0.15) is 27.0 Å². The number of hydrogen-bond acceptors (Lipinski definition) is 3. The number of benzene rings is 2. The summed E-state index contributed by atoms with van der Waals surface area (Å²) in [6, 6.07) is 15.6. The molecule has 0 atom stereocenters. The third kappa shape index (κ3) is 3.16. The van der Waals surface area contributed by atoms with Crippen molar-refractivity contribution in [2.75, 3.05) is 0 Å². The first-order chi connectivity index (χ1) is 11.0. The van der Waals surface area contributed by atoms with Crippen LogP contribution in [-0.2, 0) is 6.54 Å². The molecule has 0 spiro atoms. The Labute approximate surface area is 135 Å². The zero-order valence-corrected chi connectivity index (χ0v) is 13.1. The summed E-state index contributed by atoms with van der Waals surface area (Å²) in [5.41, 5.74) is 4.68. The van der Waals surface area contributed by atoms with Gasteiger partial charge in [0.15, 0.2) is 0 Å². The second kappa shape index (κ2) is 6.08. The molecule has 0 fully saturated rings. The minimum Gasteiger partial charge on any atom is -0.545 e. The molecule has 0 radical (unpaired) electrons. The highest BCUT2D eigenvalue weighted by molar-refractivity contribution is 5.93. The Balaban J connectivity index is 2.02. The third-order valence-corrected chi connectivity index (χ3v) is 3.95. The summed E-state index contributed by atoms with van der Waals surface area (Å²) in [4.78, 5) is 11.4. The zero-order chi connectivity index (χ0) is 16.4. The first kappa shape index (κ1) is 15.0. The number of hydrogen-bond donors (Lipinski definition) is 0. The van der Waals surface area contributed by atoms with Crippen LogP contribution in [0.5, 0.6) is 0 Å². The van der Waals surface area contributed by atoms with Gasteiger partial charge >= 0.3 is 0 Å². The Morgan fingerprint density at radius 1 is 1.09 bits per heavy atom. The van der Waals surface area contributed by atoms with Crippen molar-refractivity contribution >= 4 is 5.97 Å². The number of carbonyl (C=O) groups is 1. The molecular formula is C19H17N2O2-. The molecule has 0 aliphatic carbocycles. The smallest absolute Gasteiger partial charge is 0.101 e. The highest BCUT2D eigenvalue weighted by Crippen LogP contribution is 2.24. The fraction of sp³-hybridized carbons (Fsp3) is 0.158. The molecule has 4 heteroatoms. The van der Waals surface area contributed by atoms with Gasteiger partial charge in [-0.1, -0.05) is 42.5 Å². The van der Waals surface area contributed by atoms with Crippen molar-refractivity contribution in [2.45, 2.75) is 20.4 Å². The SMILES string of the molecule is Cc1ccc(-c2nn(Cc3ccccc3)cc2C(=O)[O-])cc1C. The van der Waals surface area contributed by atoms with Crippen LogP contribution in [0, 0.1) is 13.8 Å². The number of aromatic carboxylic acids is 1. The highest BCUT2D eigenvalue weighted by atomic mass is 16.4. The summed E-state index contributed by atoms with van der Waals surface area (Å²) >= 11 is 0. The highest BCUT2D eigenvalue weighted by Gasteiger charge is 2.13. The first-order valence-corrected chi connectivity index (χ1v) is 7.45. The van der Waals surface area contributed by atoms with E-state index in [9.17, 15) is 9.90 Å². The molecule has 116 valence electrons. The molecule has 0 aliphatic heterocycles. The number of carboxylic acid groups (broad SMARTS) is 1. The van der Waals surface area contributed by atoms with Gasteiger partial charge in [0.25, 0.3) is 0 Å². The van der Waals surface area contributed by atoms with Gasteiger partial charge in [0.2, 0.25) is 0 Å². The van der Waals surface area contributed by atoms with E-state index in [1.165, 1.54) is 6.20 Å². The van der Waals surface area contributed by atoms with Crippen LogP contribution >= 0.6 is 0 Å². The molecule has 0 amide bonds. The molecule has 1 aromatic heterocycles. The average Bonchev–Trinajstić information content (AvgIpc) is 2.95. The molecule has 0 saturated heterocycles. The maximum atomic E-state index is 11.4. The summed E-state index contributed by atoms with van der Waals surface area (Å²) in [5, 5.41) is 15.9. The lowest BCUT2D eigenvalue weighted by Crippen LogP contribution is -2.22. The van der Waals surface area contributed by atoms with E-state index in [0.29, 0.717) is 12.2 Å². The van der Waals surface area contributed by atoms with Crippen LogP contribution < -0.4 is 5.11 Å². The predicted molar refractivity (Wildman–Crippen MR) is 87.0 cm³/mol. The Hall–Kier alpha value is -2.88. The zero-order valence-electron chi connectivity index (χ0n) is 13.1. The number of carbonyl (C=O) groups excluding carboxylic acids is 1. The average molecular weight is 305 g/mol. The monoisotopic (exact) mass is 305 g/mol. The van der Waals surface area contributed by atoms with Gasteiger partial charge in [-0.3, -0.25) is 4.68 Å². The van der Waals surface area contributed by atoms with Gasteiger partial charge < -0.3 is 9.90 Å². The molecule has 2 aromatic carbocycles. The predicted octanol–water partition coefficient (Wildman–Crippen LogP) is 2.58. The van der Waals surface area contributed by atoms with Gasteiger partial charge in [-0.15, -0.1) is 0 Å². The van der Waals surface area contributed by atoms with Crippen molar-refractivity contribution in [3.8, 4) is 11.3 Å². The van der Waals surface area contributed by atoms with Crippen LogP contribution in [-0.4, -0.2) is 15.7 Å². The lowest BCUT2D eigenvalue weighted by atomic mass is 10.0. The Morgan fingerprint density at radius 3 is 2.48 bits per heavy atom. The minimum atomic E-state index is -1.21. The summed E-state index contributed by atoms with van der Waals surface area (Å²) in [6.07, 6.45) is 1.53. The molecule has 0 unspecified atom stereocenters. The number of rotatable bonds is 4. The van der Waals surface area contributed by atoms with Crippen LogP contribution in [0.4, 0.5) is 0 Å². The second-order valence-electron chi connectivity index (χ2n) is 5.66. The quantitative estimate of drug-likeness (QED) is 0.744. The van der Waals surface area contributed by atoms with Crippen molar-refractivity contribution in [3.05, 3.63) is 77.0 Å². The van der Waals surface area contributed by atoms with E-state index in [1.807, 2.05) is 62.4 Å². The summed E-state index contributed by atoms with van der Waals surface area (Å²) in [5.74, 6) is -1.21. The topological polar surface area (TPSA) is 58.0 Å². The van der Waals surface area contributed by atoms with E-state index < -0.39 is 5.97 Å². The lowest BCUT2D eigenvalue weighted by Gasteiger charge is -2.06. The Bertz CT molecular complexity index is 851. The van der Waals surface area contributed by atoms with E-state index in [-0.39, 0.29) is 5.56 Å². The fourth-order valence-corrected chi connectivity index (χ4v) is 2.52. The lowest BCUT2D eigenvalue weighted by molar-refractivity contribution is -0.254. The number of nitrogens with zero attached hydrogens (tertiary/aromatic N) is 2. The number of aryl methyl sites for hydroxylation is 2. The van der Waals surface area contributed by atoms with Gasteiger partial charge in [-0.25, -0.2) is 0 Å². The van der Waals surface area contributed by atoms with E-state index in [0.717, 1.165) is 22.3 Å². The van der Waals surface area contributed by atoms with Crippen molar-refractivity contribution in [3.63, 3.8) is 0 Å². The minimum absolute atomic E-state index is 0.115. The summed E-state index contributed by atoms with van der Waals surface area (Å²) in [7, 11) is 0. The van der Waals surface area contributed by atoms with Crippen LogP contribution in [0.15, 0.2) is 54.7 Å². The molecule has 3 rings (SSSR count). The van der Waals surface area contributed by atoms with Gasteiger partial charge in [0.1, 0.15) is 5.69 Å². The maximum Gasteiger partial charge on any atom is 0.101 e. The van der Waals surface area contributed by atoms with Crippen LogP contribution in [0.2, 0.25) is 0 Å². The third-order valence-electron chi connectivity index (χ3n) is 3.95. The maximum absolute atomic E-state index is 11.4. The molecule has 0 saturated carbocycles. The number of aromatic nitrogens is 2. The normalized spacial score (nSPS) is 10.7. The molecule has 1 heterocycles. The second-order valence-corrected chi connectivity index (χ2v) is 5.66. The van der Waals surface area contributed by atoms with Gasteiger partial charge in [0.05, 0.1) is 12.5 Å². The summed E-state index contributed by atoms with van der Waals surface area (Å²) < 4.78 is 1.64. The van der Waals surface area contributed by atoms with Crippen LogP contribution in [0.3, 0.4) is 0 Å². The molecule has 4 nitrogen and oxygen atoms in total. The van der Waals surface area contributed by atoms with Gasteiger partial charge in [0, 0.05) is 17.3 Å². The molecule has 0 aliphatic rings. The molecular weight excluding hydrogens is 288 g/mol. The van der Waals surface area contributed by atoms with Crippen molar-refractivity contribution in [1.82, 2.24) is 9.78 Å². The fourth-order valence-electron chi connectivity index (χ4n) is 2.52. The van der Waals surface area contributed by atoms with Crippen molar-refractivity contribution in [1.29, 1.82) is 0 Å². The standard InChI is InChI=1S/C19H18N2O2/c1-13-8-9-16(10-14(13)2)18-17(19(22)23)12-21(20-18)11-15-6-4-3-5-7-15/h3-10,12H,11H2,1-2H3,(H,22,23)/p-1. The summed E-state index contributed by atoms with van der Waals surface area (Å²) in [6.45, 7) is 4.54. The first-order valence-electron chi connectivity index (χ1n) is 7.45. The van der Waals surface area contributed by atoms with E-state index in [2.05, 4.69) is 5.10 Å². The molecule has 0 bridgehead atoms.